The standard InChI is InChI=1S/C15H19N3O2/c1-3-20-13-6-4-11(5-7-13)15(18-16)12-8-14(19-2)10-17-9-12/h4-10,15,18H,3,16H2,1-2H3. The first kappa shape index (κ1) is 14.3. The summed E-state index contributed by atoms with van der Waals surface area (Å²) in [4.78, 5) is 4.15. The number of rotatable bonds is 6. The van der Waals surface area contributed by atoms with Gasteiger partial charge in [0.15, 0.2) is 0 Å². The van der Waals surface area contributed by atoms with Crippen LogP contribution < -0.4 is 20.7 Å². The number of benzene rings is 1. The average molecular weight is 273 g/mol. The van der Waals surface area contributed by atoms with Gasteiger partial charge in [0.1, 0.15) is 11.5 Å². The molecule has 0 radical (unpaired) electrons. The molecule has 0 saturated carbocycles. The van der Waals surface area contributed by atoms with Gasteiger partial charge in [-0.25, -0.2) is 5.43 Å². The van der Waals surface area contributed by atoms with E-state index < -0.39 is 0 Å². The maximum Gasteiger partial charge on any atom is 0.137 e. The summed E-state index contributed by atoms with van der Waals surface area (Å²) >= 11 is 0. The zero-order valence-electron chi connectivity index (χ0n) is 11.7. The second-order valence-corrected chi connectivity index (χ2v) is 4.26. The number of aromatic nitrogens is 1. The number of hydrogen-bond donors (Lipinski definition) is 2. The number of hydrazine groups is 1. The summed E-state index contributed by atoms with van der Waals surface area (Å²) < 4.78 is 10.6. The Kier molecular flexibility index (Phi) is 4.92. The summed E-state index contributed by atoms with van der Waals surface area (Å²) in [6, 6.07) is 9.58. The fourth-order valence-corrected chi connectivity index (χ4v) is 2.01. The Morgan fingerprint density at radius 1 is 1.15 bits per heavy atom. The molecule has 0 bridgehead atoms. The van der Waals surface area contributed by atoms with Crippen molar-refractivity contribution in [2.45, 2.75) is 13.0 Å². The van der Waals surface area contributed by atoms with Crippen molar-refractivity contribution in [3.63, 3.8) is 0 Å². The number of pyridine rings is 1. The third-order valence-corrected chi connectivity index (χ3v) is 2.99. The van der Waals surface area contributed by atoms with Gasteiger partial charge in [-0.3, -0.25) is 10.8 Å². The molecule has 2 rings (SSSR count). The number of nitrogens with zero attached hydrogens (tertiary/aromatic N) is 1. The summed E-state index contributed by atoms with van der Waals surface area (Å²) in [6.07, 6.45) is 3.43. The molecule has 1 atom stereocenters. The Morgan fingerprint density at radius 3 is 2.50 bits per heavy atom. The van der Waals surface area contributed by atoms with Crippen LogP contribution in [0.3, 0.4) is 0 Å². The summed E-state index contributed by atoms with van der Waals surface area (Å²) in [7, 11) is 1.61. The van der Waals surface area contributed by atoms with E-state index in [0.29, 0.717) is 12.4 Å². The molecule has 106 valence electrons. The highest BCUT2D eigenvalue weighted by Crippen LogP contribution is 2.25. The van der Waals surface area contributed by atoms with E-state index in [1.807, 2.05) is 37.3 Å². The topological polar surface area (TPSA) is 69.4 Å². The Labute approximate surface area is 118 Å². The van der Waals surface area contributed by atoms with Gasteiger partial charge in [-0.15, -0.1) is 0 Å². The number of methoxy groups -OCH3 is 1. The first-order valence-corrected chi connectivity index (χ1v) is 6.46. The van der Waals surface area contributed by atoms with Crippen LogP contribution in [0.25, 0.3) is 0 Å². The predicted octanol–water partition coefficient (Wildman–Crippen LogP) is 2.04. The van der Waals surface area contributed by atoms with Crippen LogP contribution in [0.15, 0.2) is 42.7 Å². The molecule has 0 spiro atoms. The lowest BCUT2D eigenvalue weighted by Crippen LogP contribution is -2.28. The van der Waals surface area contributed by atoms with Gasteiger partial charge in [-0.05, 0) is 36.2 Å². The lowest BCUT2D eigenvalue weighted by Gasteiger charge is -2.17. The monoisotopic (exact) mass is 273 g/mol. The van der Waals surface area contributed by atoms with Crippen LogP contribution in [0.4, 0.5) is 0 Å². The summed E-state index contributed by atoms with van der Waals surface area (Å²) in [5, 5.41) is 0. The number of ether oxygens (including phenoxy) is 2. The Morgan fingerprint density at radius 2 is 1.90 bits per heavy atom. The highest BCUT2D eigenvalue weighted by molar-refractivity contribution is 5.36. The quantitative estimate of drug-likeness (QED) is 0.622. The van der Waals surface area contributed by atoms with Gasteiger partial charge in [0.05, 0.1) is 26.0 Å². The van der Waals surface area contributed by atoms with Crippen molar-refractivity contribution in [3.05, 3.63) is 53.9 Å². The summed E-state index contributed by atoms with van der Waals surface area (Å²) in [5.74, 6) is 7.22. The predicted molar refractivity (Wildman–Crippen MR) is 77.6 cm³/mol. The third-order valence-electron chi connectivity index (χ3n) is 2.99. The lowest BCUT2D eigenvalue weighted by molar-refractivity contribution is 0.340. The van der Waals surface area contributed by atoms with E-state index in [1.54, 1.807) is 19.5 Å². The van der Waals surface area contributed by atoms with E-state index in [-0.39, 0.29) is 6.04 Å². The Bertz CT molecular complexity index is 543. The van der Waals surface area contributed by atoms with Gasteiger partial charge in [0.25, 0.3) is 0 Å². The zero-order valence-corrected chi connectivity index (χ0v) is 11.7. The second kappa shape index (κ2) is 6.88. The fraction of sp³-hybridized carbons (Fsp3) is 0.267. The highest BCUT2D eigenvalue weighted by Gasteiger charge is 2.13. The molecule has 5 nitrogen and oxygen atoms in total. The summed E-state index contributed by atoms with van der Waals surface area (Å²) in [6.45, 7) is 2.61. The third kappa shape index (κ3) is 3.26. The van der Waals surface area contributed by atoms with E-state index in [9.17, 15) is 0 Å². The van der Waals surface area contributed by atoms with Crippen molar-refractivity contribution in [2.24, 2.45) is 5.84 Å². The van der Waals surface area contributed by atoms with Gasteiger partial charge in [0, 0.05) is 6.20 Å². The van der Waals surface area contributed by atoms with Gasteiger partial charge >= 0.3 is 0 Å². The van der Waals surface area contributed by atoms with Crippen molar-refractivity contribution < 1.29 is 9.47 Å². The van der Waals surface area contributed by atoms with E-state index in [0.717, 1.165) is 16.9 Å². The fourth-order valence-electron chi connectivity index (χ4n) is 2.01. The molecular weight excluding hydrogens is 254 g/mol. The van der Waals surface area contributed by atoms with Crippen LogP contribution in [0.2, 0.25) is 0 Å². The average Bonchev–Trinajstić information content (AvgIpc) is 2.50. The van der Waals surface area contributed by atoms with Crippen LogP contribution in [0, 0.1) is 0 Å². The molecule has 0 aliphatic rings. The molecular formula is C15H19N3O2. The zero-order chi connectivity index (χ0) is 14.4. The van der Waals surface area contributed by atoms with Crippen LogP contribution in [0.1, 0.15) is 24.1 Å². The summed E-state index contributed by atoms with van der Waals surface area (Å²) in [5.41, 5.74) is 4.78. The number of nitrogens with two attached hydrogens (primary N) is 1. The van der Waals surface area contributed by atoms with Gasteiger partial charge in [0.2, 0.25) is 0 Å². The van der Waals surface area contributed by atoms with E-state index in [1.165, 1.54) is 0 Å². The minimum atomic E-state index is -0.145. The largest absolute Gasteiger partial charge is 0.495 e. The normalized spacial score (nSPS) is 11.9. The van der Waals surface area contributed by atoms with Gasteiger partial charge < -0.3 is 9.47 Å². The first-order valence-electron chi connectivity index (χ1n) is 6.46. The Balaban J connectivity index is 2.26. The molecule has 1 heterocycles. The molecule has 0 amide bonds. The second-order valence-electron chi connectivity index (χ2n) is 4.26. The maximum absolute atomic E-state index is 5.68. The van der Waals surface area contributed by atoms with E-state index in [4.69, 9.17) is 15.3 Å². The molecule has 2 aromatic rings. The molecule has 0 saturated heterocycles. The van der Waals surface area contributed by atoms with Gasteiger partial charge in [-0.2, -0.15) is 0 Å². The van der Waals surface area contributed by atoms with E-state index >= 15 is 0 Å². The van der Waals surface area contributed by atoms with E-state index in [2.05, 4.69) is 10.4 Å². The van der Waals surface area contributed by atoms with Crippen molar-refractivity contribution in [3.8, 4) is 11.5 Å². The van der Waals surface area contributed by atoms with Crippen LogP contribution in [0.5, 0.6) is 11.5 Å². The SMILES string of the molecule is CCOc1ccc(C(NN)c2cncc(OC)c2)cc1. The highest BCUT2D eigenvalue weighted by atomic mass is 16.5. The minimum absolute atomic E-state index is 0.145. The molecule has 0 aliphatic carbocycles. The number of hydrogen-bond acceptors (Lipinski definition) is 5. The van der Waals surface area contributed by atoms with Crippen molar-refractivity contribution in [1.82, 2.24) is 10.4 Å². The van der Waals surface area contributed by atoms with Crippen molar-refractivity contribution >= 4 is 0 Å². The van der Waals surface area contributed by atoms with Crippen molar-refractivity contribution in [1.29, 1.82) is 0 Å². The molecule has 1 aromatic carbocycles. The molecule has 20 heavy (non-hydrogen) atoms. The first-order chi connectivity index (χ1) is 9.78. The van der Waals surface area contributed by atoms with Crippen LogP contribution in [-0.2, 0) is 0 Å². The molecule has 0 aliphatic heterocycles. The Hall–Kier alpha value is -2.11. The van der Waals surface area contributed by atoms with Crippen molar-refractivity contribution in [2.75, 3.05) is 13.7 Å². The van der Waals surface area contributed by atoms with Crippen LogP contribution in [-0.4, -0.2) is 18.7 Å². The molecule has 0 fully saturated rings. The lowest BCUT2D eigenvalue weighted by atomic mass is 10.0. The van der Waals surface area contributed by atoms with Gasteiger partial charge in [-0.1, -0.05) is 12.1 Å². The minimum Gasteiger partial charge on any atom is -0.495 e. The number of nitrogens with one attached hydrogen (secondary N) is 1. The molecule has 3 N–H and O–H groups in total. The maximum atomic E-state index is 5.68. The molecule has 5 heteroatoms. The molecule has 1 unspecified atom stereocenters. The smallest absolute Gasteiger partial charge is 0.137 e. The molecule has 1 aromatic heterocycles. The van der Waals surface area contributed by atoms with Crippen LogP contribution >= 0.6 is 0 Å².